The summed E-state index contributed by atoms with van der Waals surface area (Å²) >= 11 is 5.99. The van der Waals surface area contributed by atoms with Gasteiger partial charge in [-0.1, -0.05) is 18.2 Å². The van der Waals surface area contributed by atoms with E-state index in [4.69, 9.17) is 21.1 Å². The van der Waals surface area contributed by atoms with E-state index < -0.39 is 5.97 Å². The van der Waals surface area contributed by atoms with E-state index in [1.807, 2.05) is 12.1 Å². The van der Waals surface area contributed by atoms with Crippen molar-refractivity contribution in [1.29, 1.82) is 0 Å². The van der Waals surface area contributed by atoms with E-state index in [1.165, 1.54) is 12.3 Å². The SMILES string of the molecule is C=C(\C=C/C=N/C=C/C(=O)OCC)NCc1cc(Cl)ccc1OC. The maximum Gasteiger partial charge on any atom is 0.332 e. The number of aliphatic imine (C=N–C) groups is 1. The van der Waals surface area contributed by atoms with Gasteiger partial charge in [0.05, 0.1) is 13.7 Å². The van der Waals surface area contributed by atoms with E-state index in [2.05, 4.69) is 16.9 Å². The standard InChI is InChI=1S/C18H21ClN2O3/c1-4-24-18(22)9-11-20-10-5-6-14(2)21-13-15-12-16(19)7-8-17(15)23-3/h5-12,21H,2,4,13H2,1,3H3/b6-5-,11-9+,20-10+. The summed E-state index contributed by atoms with van der Waals surface area (Å²) in [6, 6.07) is 5.44. The lowest BCUT2D eigenvalue weighted by atomic mass is 10.2. The Bertz CT molecular complexity index is 652. The third kappa shape index (κ3) is 7.65. The van der Waals surface area contributed by atoms with Gasteiger partial charge in [-0.3, -0.25) is 4.99 Å². The first-order valence-electron chi connectivity index (χ1n) is 7.35. The number of hydrogen-bond donors (Lipinski definition) is 1. The van der Waals surface area contributed by atoms with E-state index in [9.17, 15) is 4.79 Å². The van der Waals surface area contributed by atoms with Gasteiger partial charge >= 0.3 is 5.97 Å². The first kappa shape index (κ1) is 19.5. The van der Waals surface area contributed by atoms with Gasteiger partial charge in [0, 0.05) is 41.3 Å². The number of benzene rings is 1. The second-order valence-corrected chi connectivity index (χ2v) is 5.00. The molecule has 1 aromatic rings. The highest BCUT2D eigenvalue weighted by molar-refractivity contribution is 6.30. The maximum atomic E-state index is 11.0. The molecule has 0 aromatic heterocycles. The molecule has 5 nitrogen and oxygen atoms in total. The fraction of sp³-hybridized carbons (Fsp3) is 0.222. The van der Waals surface area contributed by atoms with Crippen molar-refractivity contribution in [2.75, 3.05) is 13.7 Å². The Kier molecular flexibility index (Phi) is 9.01. The number of nitrogens with zero attached hydrogens (tertiary/aromatic N) is 1. The average molecular weight is 349 g/mol. The van der Waals surface area contributed by atoms with Crippen LogP contribution in [-0.4, -0.2) is 25.9 Å². The van der Waals surface area contributed by atoms with Gasteiger partial charge in [0.15, 0.2) is 0 Å². The first-order chi connectivity index (χ1) is 11.6. The van der Waals surface area contributed by atoms with Crippen LogP contribution in [0.1, 0.15) is 12.5 Å². The number of nitrogens with one attached hydrogen (secondary N) is 1. The molecule has 0 atom stereocenters. The molecule has 0 bridgehead atoms. The Morgan fingerprint density at radius 2 is 2.21 bits per heavy atom. The molecule has 0 fully saturated rings. The number of methoxy groups -OCH3 is 1. The number of ether oxygens (including phenoxy) is 2. The molecule has 0 aliphatic rings. The minimum atomic E-state index is -0.417. The average Bonchev–Trinajstić information content (AvgIpc) is 2.56. The van der Waals surface area contributed by atoms with Gasteiger partial charge < -0.3 is 14.8 Å². The molecule has 24 heavy (non-hydrogen) atoms. The summed E-state index contributed by atoms with van der Waals surface area (Å²) in [4.78, 5) is 15.0. The Labute approximate surface area is 147 Å². The lowest BCUT2D eigenvalue weighted by Crippen LogP contribution is -2.11. The molecule has 0 radical (unpaired) electrons. The van der Waals surface area contributed by atoms with E-state index in [-0.39, 0.29) is 0 Å². The second kappa shape index (κ2) is 11.1. The molecule has 0 saturated carbocycles. The molecular weight excluding hydrogens is 328 g/mol. The van der Waals surface area contributed by atoms with Gasteiger partial charge in [0.2, 0.25) is 0 Å². The van der Waals surface area contributed by atoms with Crippen LogP contribution in [0.4, 0.5) is 0 Å². The molecule has 0 unspecified atom stereocenters. The summed E-state index contributed by atoms with van der Waals surface area (Å²) in [5.41, 5.74) is 1.64. The number of esters is 1. The summed E-state index contributed by atoms with van der Waals surface area (Å²) in [6.07, 6.45) is 7.64. The number of carbonyl (C=O) groups excluding carboxylic acids is 1. The zero-order chi connectivity index (χ0) is 17.8. The highest BCUT2D eigenvalue weighted by Crippen LogP contribution is 2.22. The Hall–Kier alpha value is -2.53. The van der Waals surface area contributed by atoms with E-state index in [1.54, 1.807) is 38.5 Å². The quantitative estimate of drug-likeness (QED) is 0.320. The van der Waals surface area contributed by atoms with Crippen LogP contribution in [0.2, 0.25) is 5.02 Å². The van der Waals surface area contributed by atoms with Crippen molar-refractivity contribution in [2.24, 2.45) is 4.99 Å². The predicted octanol–water partition coefficient (Wildman–Crippen LogP) is 3.66. The largest absolute Gasteiger partial charge is 0.496 e. The molecular formula is C18H21ClN2O3. The van der Waals surface area contributed by atoms with Crippen molar-refractivity contribution in [3.8, 4) is 5.75 Å². The fourth-order valence-electron chi connectivity index (χ4n) is 1.71. The predicted molar refractivity (Wildman–Crippen MR) is 97.4 cm³/mol. The van der Waals surface area contributed by atoms with Gasteiger partial charge in [-0.15, -0.1) is 0 Å². The van der Waals surface area contributed by atoms with Gasteiger partial charge in [0.25, 0.3) is 0 Å². The van der Waals surface area contributed by atoms with E-state index in [0.717, 1.165) is 11.3 Å². The molecule has 0 aliphatic heterocycles. The third-order valence-corrected chi connectivity index (χ3v) is 3.04. The van der Waals surface area contributed by atoms with Crippen LogP contribution in [0.3, 0.4) is 0 Å². The van der Waals surface area contributed by atoms with Crippen molar-refractivity contribution in [2.45, 2.75) is 13.5 Å². The van der Waals surface area contributed by atoms with Crippen LogP contribution in [0.5, 0.6) is 5.75 Å². The maximum absolute atomic E-state index is 11.0. The topological polar surface area (TPSA) is 59.9 Å². The number of allylic oxidation sites excluding steroid dienone is 2. The monoisotopic (exact) mass is 348 g/mol. The van der Waals surface area contributed by atoms with Crippen LogP contribution in [0.25, 0.3) is 0 Å². The Morgan fingerprint density at radius 1 is 1.42 bits per heavy atom. The van der Waals surface area contributed by atoms with Crippen molar-refractivity contribution in [3.05, 3.63) is 65.5 Å². The smallest absolute Gasteiger partial charge is 0.332 e. The van der Waals surface area contributed by atoms with Gasteiger partial charge in [0.1, 0.15) is 5.75 Å². The van der Waals surface area contributed by atoms with Crippen LogP contribution in [0.15, 0.2) is 59.9 Å². The Morgan fingerprint density at radius 3 is 2.92 bits per heavy atom. The van der Waals surface area contributed by atoms with Crippen LogP contribution >= 0.6 is 11.6 Å². The number of halogens is 1. The van der Waals surface area contributed by atoms with Crippen molar-refractivity contribution >= 4 is 23.8 Å². The fourth-order valence-corrected chi connectivity index (χ4v) is 1.90. The molecule has 0 saturated heterocycles. The van der Waals surface area contributed by atoms with Crippen molar-refractivity contribution < 1.29 is 14.3 Å². The Balaban J connectivity index is 2.44. The summed E-state index contributed by atoms with van der Waals surface area (Å²) in [6.45, 7) is 6.52. The van der Waals surface area contributed by atoms with Gasteiger partial charge in [-0.2, -0.15) is 0 Å². The van der Waals surface area contributed by atoms with Crippen molar-refractivity contribution in [1.82, 2.24) is 5.32 Å². The zero-order valence-electron chi connectivity index (χ0n) is 13.8. The molecule has 0 amide bonds. The number of hydrogen-bond acceptors (Lipinski definition) is 5. The summed E-state index contributed by atoms with van der Waals surface area (Å²) in [7, 11) is 1.61. The van der Waals surface area contributed by atoms with Crippen LogP contribution in [-0.2, 0) is 16.1 Å². The summed E-state index contributed by atoms with van der Waals surface area (Å²) in [5.74, 6) is 0.342. The van der Waals surface area contributed by atoms with Crippen LogP contribution < -0.4 is 10.1 Å². The molecule has 128 valence electrons. The number of carbonyl (C=O) groups is 1. The first-order valence-corrected chi connectivity index (χ1v) is 7.73. The highest BCUT2D eigenvalue weighted by Gasteiger charge is 2.03. The normalized spacial score (nSPS) is 11.3. The highest BCUT2D eigenvalue weighted by atomic mass is 35.5. The molecule has 6 heteroatoms. The van der Waals surface area contributed by atoms with E-state index in [0.29, 0.717) is 23.9 Å². The lowest BCUT2D eigenvalue weighted by Gasteiger charge is -2.10. The summed E-state index contributed by atoms with van der Waals surface area (Å²) < 4.78 is 10.0. The minimum absolute atomic E-state index is 0.343. The lowest BCUT2D eigenvalue weighted by molar-refractivity contribution is -0.137. The molecule has 0 heterocycles. The minimum Gasteiger partial charge on any atom is -0.496 e. The third-order valence-electron chi connectivity index (χ3n) is 2.80. The molecule has 1 aromatic carbocycles. The second-order valence-electron chi connectivity index (χ2n) is 4.56. The molecule has 1 N–H and O–H groups in total. The van der Waals surface area contributed by atoms with Gasteiger partial charge in [-0.25, -0.2) is 4.79 Å². The summed E-state index contributed by atoms with van der Waals surface area (Å²) in [5, 5.41) is 3.80. The van der Waals surface area contributed by atoms with Gasteiger partial charge in [-0.05, 0) is 37.3 Å². The zero-order valence-corrected chi connectivity index (χ0v) is 14.5. The molecule has 0 spiro atoms. The number of rotatable bonds is 9. The van der Waals surface area contributed by atoms with Crippen LogP contribution in [0, 0.1) is 0 Å². The van der Waals surface area contributed by atoms with E-state index >= 15 is 0 Å². The molecule has 1 rings (SSSR count). The van der Waals surface area contributed by atoms with Crippen molar-refractivity contribution in [3.63, 3.8) is 0 Å². The molecule has 0 aliphatic carbocycles.